The summed E-state index contributed by atoms with van der Waals surface area (Å²) >= 11 is 0. The Labute approximate surface area is 151 Å². The average Bonchev–Trinajstić information content (AvgIpc) is 3.21. The van der Waals surface area contributed by atoms with Crippen molar-refractivity contribution in [3.05, 3.63) is 48.0 Å². The maximum atomic E-state index is 6.00. The van der Waals surface area contributed by atoms with Crippen LogP contribution in [0.25, 0.3) is 11.3 Å². The van der Waals surface area contributed by atoms with E-state index in [4.69, 9.17) is 9.26 Å². The van der Waals surface area contributed by atoms with Gasteiger partial charge in [0.15, 0.2) is 5.82 Å². The van der Waals surface area contributed by atoms with Crippen LogP contribution >= 0.6 is 0 Å². The van der Waals surface area contributed by atoms with Crippen LogP contribution in [0.2, 0.25) is 0 Å². The Morgan fingerprint density at radius 3 is 2.92 bits per heavy atom. The van der Waals surface area contributed by atoms with Gasteiger partial charge in [-0.2, -0.15) is 10.1 Å². The third-order valence-corrected chi connectivity index (χ3v) is 4.39. The molecule has 8 heteroatoms. The molecule has 0 radical (unpaired) electrons. The van der Waals surface area contributed by atoms with E-state index in [-0.39, 0.29) is 12.2 Å². The zero-order chi connectivity index (χ0) is 18.1. The molecule has 1 aliphatic rings. The highest BCUT2D eigenvalue weighted by molar-refractivity contribution is 5.61. The molecule has 136 valence electrons. The topological polar surface area (TPSA) is 82.1 Å². The molecule has 1 aliphatic heterocycles. The van der Waals surface area contributed by atoms with E-state index in [1.807, 2.05) is 37.0 Å². The summed E-state index contributed by atoms with van der Waals surface area (Å²) in [5.41, 5.74) is 3.15. The van der Waals surface area contributed by atoms with Gasteiger partial charge in [-0.15, -0.1) is 0 Å². The van der Waals surface area contributed by atoms with Crippen LogP contribution in [0.1, 0.15) is 30.3 Å². The first-order valence-electron chi connectivity index (χ1n) is 8.69. The van der Waals surface area contributed by atoms with Gasteiger partial charge in [0, 0.05) is 56.4 Å². The second-order valence-electron chi connectivity index (χ2n) is 6.73. The number of hydrogen-bond acceptors (Lipinski definition) is 7. The molecule has 4 rings (SSSR count). The zero-order valence-corrected chi connectivity index (χ0v) is 15.2. The predicted octanol–water partition coefficient (Wildman–Crippen LogP) is 2.14. The lowest BCUT2D eigenvalue weighted by Crippen LogP contribution is -2.42. The van der Waals surface area contributed by atoms with Crippen molar-refractivity contribution in [3.63, 3.8) is 0 Å². The molecule has 0 aliphatic carbocycles. The third kappa shape index (κ3) is 3.51. The Balaban J connectivity index is 1.55. The van der Waals surface area contributed by atoms with Gasteiger partial charge in [-0.05, 0) is 26.0 Å². The van der Waals surface area contributed by atoms with Crippen LogP contribution in [-0.4, -0.2) is 49.0 Å². The van der Waals surface area contributed by atoms with E-state index in [1.54, 1.807) is 6.20 Å². The second kappa shape index (κ2) is 6.97. The van der Waals surface area contributed by atoms with Gasteiger partial charge in [0.1, 0.15) is 6.10 Å². The molecule has 2 atom stereocenters. The quantitative estimate of drug-likeness (QED) is 0.710. The van der Waals surface area contributed by atoms with Crippen LogP contribution in [0.15, 0.2) is 35.2 Å². The Morgan fingerprint density at radius 1 is 1.31 bits per heavy atom. The molecule has 0 N–H and O–H groups in total. The summed E-state index contributed by atoms with van der Waals surface area (Å²) in [6, 6.07) is 3.96. The monoisotopic (exact) mass is 354 g/mol. The van der Waals surface area contributed by atoms with Crippen LogP contribution in [0, 0.1) is 6.92 Å². The molecule has 0 amide bonds. The van der Waals surface area contributed by atoms with E-state index in [1.165, 1.54) is 0 Å². The number of ether oxygens (including phenoxy) is 1. The van der Waals surface area contributed by atoms with E-state index < -0.39 is 0 Å². The molecule has 26 heavy (non-hydrogen) atoms. The number of aromatic nitrogens is 5. The molecule has 1 fully saturated rings. The predicted molar refractivity (Wildman–Crippen MR) is 94.0 cm³/mol. The van der Waals surface area contributed by atoms with Crippen LogP contribution in [0.4, 0.5) is 0 Å². The van der Waals surface area contributed by atoms with Crippen LogP contribution in [0.3, 0.4) is 0 Å². The lowest BCUT2D eigenvalue weighted by atomic mass is 10.1. The summed E-state index contributed by atoms with van der Waals surface area (Å²) in [6.07, 6.45) is 5.55. The zero-order valence-electron chi connectivity index (χ0n) is 15.2. The maximum absolute atomic E-state index is 6.00. The summed E-state index contributed by atoms with van der Waals surface area (Å²) in [6.45, 7) is 6.19. The Morgan fingerprint density at radius 2 is 2.19 bits per heavy atom. The number of nitrogens with zero attached hydrogens (tertiary/aromatic N) is 6. The minimum absolute atomic E-state index is 0.0828. The number of rotatable bonds is 4. The van der Waals surface area contributed by atoms with E-state index in [0.29, 0.717) is 18.3 Å². The number of pyridine rings is 1. The van der Waals surface area contributed by atoms with Gasteiger partial charge in [-0.3, -0.25) is 14.6 Å². The molecule has 3 aromatic heterocycles. The van der Waals surface area contributed by atoms with E-state index in [9.17, 15) is 0 Å². The fourth-order valence-corrected chi connectivity index (χ4v) is 3.39. The third-order valence-electron chi connectivity index (χ3n) is 4.39. The lowest BCUT2D eigenvalue weighted by molar-refractivity contribution is -0.0930. The molecule has 3 aromatic rings. The van der Waals surface area contributed by atoms with Crippen molar-refractivity contribution in [2.75, 3.05) is 13.1 Å². The number of hydrogen-bond donors (Lipinski definition) is 0. The van der Waals surface area contributed by atoms with Gasteiger partial charge in [-0.1, -0.05) is 5.16 Å². The van der Waals surface area contributed by atoms with Crippen molar-refractivity contribution in [1.82, 2.24) is 29.8 Å². The smallest absolute Gasteiger partial charge is 0.257 e. The first-order chi connectivity index (χ1) is 12.6. The molecule has 4 heterocycles. The van der Waals surface area contributed by atoms with Crippen molar-refractivity contribution in [3.8, 4) is 11.3 Å². The second-order valence-corrected chi connectivity index (χ2v) is 6.73. The molecule has 8 nitrogen and oxygen atoms in total. The van der Waals surface area contributed by atoms with Gasteiger partial charge in [0.25, 0.3) is 5.89 Å². The lowest BCUT2D eigenvalue weighted by Gasteiger charge is -2.35. The first kappa shape index (κ1) is 16.9. The number of morpholine rings is 1. The molecule has 0 aromatic carbocycles. The van der Waals surface area contributed by atoms with Crippen LogP contribution < -0.4 is 0 Å². The van der Waals surface area contributed by atoms with Crippen molar-refractivity contribution >= 4 is 0 Å². The summed E-state index contributed by atoms with van der Waals surface area (Å²) in [5, 5.41) is 8.50. The summed E-state index contributed by atoms with van der Waals surface area (Å²) in [5.74, 6) is 1.16. The molecular formula is C18H22N6O2. The van der Waals surface area contributed by atoms with Gasteiger partial charge >= 0.3 is 0 Å². The fraction of sp³-hybridized carbons (Fsp3) is 0.444. The highest BCUT2D eigenvalue weighted by atomic mass is 16.5. The fourth-order valence-electron chi connectivity index (χ4n) is 3.39. The average molecular weight is 354 g/mol. The Bertz CT molecular complexity index is 875. The van der Waals surface area contributed by atoms with E-state index in [2.05, 4.69) is 38.2 Å². The molecule has 0 bridgehead atoms. The van der Waals surface area contributed by atoms with Crippen molar-refractivity contribution in [2.24, 2.45) is 7.05 Å². The van der Waals surface area contributed by atoms with Gasteiger partial charge in [0.05, 0.1) is 11.8 Å². The molecule has 0 unspecified atom stereocenters. The first-order valence-corrected chi connectivity index (χ1v) is 8.69. The highest BCUT2D eigenvalue weighted by Crippen LogP contribution is 2.27. The standard InChI is InChI=1S/C18H22N6O2/c1-12-8-24(11-16(25-12)18-20-13(2)22-26-18)10-15-9-23(3)21-17(15)14-5-4-6-19-7-14/h4-7,9,12,16H,8,10-11H2,1-3H3/t12-,16-/m1/s1. The van der Waals surface area contributed by atoms with Crippen molar-refractivity contribution in [2.45, 2.75) is 32.6 Å². The minimum atomic E-state index is -0.210. The summed E-state index contributed by atoms with van der Waals surface area (Å²) in [4.78, 5) is 10.9. The van der Waals surface area contributed by atoms with Crippen LogP contribution in [0.5, 0.6) is 0 Å². The molecule has 1 saturated heterocycles. The van der Waals surface area contributed by atoms with Gasteiger partial charge in [-0.25, -0.2) is 0 Å². The Hall–Kier alpha value is -2.58. The highest BCUT2D eigenvalue weighted by Gasteiger charge is 2.31. The molecular weight excluding hydrogens is 332 g/mol. The molecule has 0 spiro atoms. The largest absolute Gasteiger partial charge is 0.363 e. The van der Waals surface area contributed by atoms with Gasteiger partial charge in [0.2, 0.25) is 0 Å². The number of aryl methyl sites for hydroxylation is 2. The normalized spacial score (nSPS) is 21.2. The minimum Gasteiger partial charge on any atom is -0.363 e. The summed E-state index contributed by atoms with van der Waals surface area (Å²) < 4.78 is 13.2. The van der Waals surface area contributed by atoms with E-state index in [0.717, 1.165) is 29.9 Å². The SMILES string of the molecule is Cc1noc([C@H]2CN(Cc3cn(C)nc3-c3cccnc3)C[C@@H](C)O2)n1. The maximum Gasteiger partial charge on any atom is 0.257 e. The van der Waals surface area contributed by atoms with Crippen LogP contribution in [-0.2, 0) is 18.3 Å². The summed E-state index contributed by atoms with van der Waals surface area (Å²) in [7, 11) is 1.94. The van der Waals surface area contributed by atoms with Crippen molar-refractivity contribution < 1.29 is 9.26 Å². The Kier molecular flexibility index (Phi) is 4.52. The van der Waals surface area contributed by atoms with Crippen molar-refractivity contribution in [1.29, 1.82) is 0 Å². The van der Waals surface area contributed by atoms with E-state index >= 15 is 0 Å². The molecule has 0 saturated carbocycles. The van der Waals surface area contributed by atoms with Gasteiger partial charge < -0.3 is 9.26 Å².